The average molecular weight is 269 g/mol. The molecule has 106 valence electrons. The van der Waals surface area contributed by atoms with Gasteiger partial charge in [-0.3, -0.25) is 4.90 Å². The van der Waals surface area contributed by atoms with E-state index >= 15 is 0 Å². The fourth-order valence-electron chi connectivity index (χ4n) is 2.64. The van der Waals surface area contributed by atoms with Gasteiger partial charge >= 0.3 is 0 Å². The number of rotatable bonds is 3. The van der Waals surface area contributed by atoms with Crippen LogP contribution in [-0.4, -0.2) is 55.6 Å². The minimum atomic E-state index is -0.545. The molecule has 1 aliphatic heterocycles. The van der Waals surface area contributed by atoms with Crippen LogP contribution in [0.2, 0.25) is 0 Å². The van der Waals surface area contributed by atoms with E-state index in [-0.39, 0.29) is 12.1 Å². The number of hydrogen-bond acceptors (Lipinski definition) is 3. The van der Waals surface area contributed by atoms with Crippen molar-refractivity contribution in [3.63, 3.8) is 0 Å². The molecule has 0 spiro atoms. The zero-order valence-corrected chi connectivity index (χ0v) is 11.4. The summed E-state index contributed by atoms with van der Waals surface area (Å²) in [7, 11) is 4.11. The molecule has 1 aromatic carbocycles. The van der Waals surface area contributed by atoms with Crippen LogP contribution >= 0.6 is 0 Å². The number of piperazine rings is 1. The third-order valence-corrected chi connectivity index (χ3v) is 3.79. The van der Waals surface area contributed by atoms with Crippen molar-refractivity contribution in [2.24, 2.45) is 5.73 Å². The number of likely N-dealkylation sites (N-methyl/N-ethyl adjacent to an activating group) is 2. The predicted octanol–water partition coefficient (Wildman–Crippen LogP) is 1.08. The Morgan fingerprint density at radius 1 is 1.21 bits per heavy atom. The quantitative estimate of drug-likeness (QED) is 0.891. The van der Waals surface area contributed by atoms with Gasteiger partial charge in [0, 0.05) is 37.8 Å². The topological polar surface area (TPSA) is 32.5 Å². The molecule has 0 amide bonds. The monoisotopic (exact) mass is 269 g/mol. The first-order chi connectivity index (χ1) is 8.95. The van der Waals surface area contributed by atoms with Gasteiger partial charge in [0.05, 0.1) is 0 Å². The molecule has 0 aromatic heterocycles. The molecule has 0 aliphatic carbocycles. The molecule has 2 rings (SSSR count). The lowest BCUT2D eigenvalue weighted by atomic mass is 9.97. The second-order valence-electron chi connectivity index (χ2n) is 5.46. The fraction of sp³-hybridized carbons (Fsp3) is 0.571. The van der Waals surface area contributed by atoms with Crippen molar-refractivity contribution in [3.8, 4) is 0 Å². The van der Waals surface area contributed by atoms with Gasteiger partial charge in [0.1, 0.15) is 11.6 Å². The van der Waals surface area contributed by atoms with Crippen LogP contribution in [-0.2, 0) is 6.42 Å². The molecule has 1 aromatic rings. The van der Waals surface area contributed by atoms with E-state index in [1.165, 1.54) is 12.1 Å². The molecule has 0 bridgehead atoms. The van der Waals surface area contributed by atoms with Crippen molar-refractivity contribution < 1.29 is 8.78 Å². The molecule has 3 nitrogen and oxygen atoms in total. The molecular weight excluding hydrogens is 248 g/mol. The highest BCUT2D eigenvalue weighted by molar-refractivity contribution is 5.19. The first-order valence-corrected chi connectivity index (χ1v) is 6.55. The summed E-state index contributed by atoms with van der Waals surface area (Å²) < 4.78 is 26.3. The van der Waals surface area contributed by atoms with Crippen LogP contribution in [0.1, 0.15) is 5.56 Å². The molecule has 0 saturated carbocycles. The summed E-state index contributed by atoms with van der Waals surface area (Å²) in [6, 6.07) is 3.68. The van der Waals surface area contributed by atoms with E-state index in [9.17, 15) is 8.78 Å². The molecule has 2 N–H and O–H groups in total. The highest BCUT2D eigenvalue weighted by atomic mass is 19.1. The lowest BCUT2D eigenvalue weighted by Crippen LogP contribution is -2.58. The smallest absolute Gasteiger partial charge is 0.126 e. The summed E-state index contributed by atoms with van der Waals surface area (Å²) in [6.45, 7) is 2.87. The molecule has 1 aliphatic rings. The van der Waals surface area contributed by atoms with Gasteiger partial charge in [0.15, 0.2) is 0 Å². The SMILES string of the molecule is CN1CCN(C)C(C(N)Cc2cc(F)cc(F)c2)C1. The maximum Gasteiger partial charge on any atom is 0.126 e. The molecule has 2 unspecified atom stereocenters. The van der Waals surface area contributed by atoms with Gasteiger partial charge in [0.2, 0.25) is 0 Å². The number of benzene rings is 1. The maximum atomic E-state index is 13.2. The van der Waals surface area contributed by atoms with Gasteiger partial charge in [-0.1, -0.05) is 0 Å². The van der Waals surface area contributed by atoms with Crippen molar-refractivity contribution in [2.45, 2.75) is 18.5 Å². The Balaban J connectivity index is 2.05. The fourth-order valence-corrected chi connectivity index (χ4v) is 2.64. The van der Waals surface area contributed by atoms with Crippen LogP contribution in [0.4, 0.5) is 8.78 Å². The third kappa shape index (κ3) is 3.72. The summed E-state index contributed by atoms with van der Waals surface area (Å²) >= 11 is 0. The minimum absolute atomic E-state index is 0.131. The van der Waals surface area contributed by atoms with Gasteiger partial charge in [-0.15, -0.1) is 0 Å². The number of nitrogens with zero attached hydrogens (tertiary/aromatic N) is 2. The van der Waals surface area contributed by atoms with E-state index in [4.69, 9.17) is 5.73 Å². The van der Waals surface area contributed by atoms with Crippen LogP contribution < -0.4 is 5.73 Å². The van der Waals surface area contributed by atoms with E-state index in [0.29, 0.717) is 12.0 Å². The second kappa shape index (κ2) is 5.94. The summed E-state index contributed by atoms with van der Waals surface area (Å²) in [5, 5.41) is 0. The minimum Gasteiger partial charge on any atom is -0.326 e. The van der Waals surface area contributed by atoms with Gasteiger partial charge < -0.3 is 10.6 Å². The molecule has 19 heavy (non-hydrogen) atoms. The van der Waals surface area contributed by atoms with Crippen LogP contribution in [0.15, 0.2) is 18.2 Å². The zero-order valence-electron chi connectivity index (χ0n) is 11.4. The van der Waals surface area contributed by atoms with E-state index in [2.05, 4.69) is 16.8 Å². The molecule has 1 heterocycles. The Morgan fingerprint density at radius 3 is 2.47 bits per heavy atom. The Bertz CT molecular complexity index is 418. The summed E-state index contributed by atoms with van der Waals surface area (Å²) in [5.41, 5.74) is 6.84. The normalized spacial score (nSPS) is 23.5. The van der Waals surface area contributed by atoms with Gasteiger partial charge in [-0.25, -0.2) is 8.78 Å². The predicted molar refractivity (Wildman–Crippen MR) is 72.0 cm³/mol. The van der Waals surface area contributed by atoms with Crippen molar-refractivity contribution >= 4 is 0 Å². The van der Waals surface area contributed by atoms with E-state index < -0.39 is 11.6 Å². The zero-order chi connectivity index (χ0) is 14.0. The second-order valence-corrected chi connectivity index (χ2v) is 5.46. The lowest BCUT2D eigenvalue weighted by Gasteiger charge is -2.40. The van der Waals surface area contributed by atoms with Crippen LogP contribution in [0.3, 0.4) is 0 Å². The summed E-state index contributed by atoms with van der Waals surface area (Å²) in [6.07, 6.45) is 0.484. The number of halogens is 2. The highest BCUT2D eigenvalue weighted by Crippen LogP contribution is 2.15. The first-order valence-electron chi connectivity index (χ1n) is 6.55. The maximum absolute atomic E-state index is 13.2. The van der Waals surface area contributed by atoms with E-state index in [0.717, 1.165) is 25.7 Å². The van der Waals surface area contributed by atoms with E-state index in [1.807, 2.05) is 7.05 Å². The lowest BCUT2D eigenvalue weighted by molar-refractivity contribution is 0.0973. The van der Waals surface area contributed by atoms with Gasteiger partial charge in [0.25, 0.3) is 0 Å². The van der Waals surface area contributed by atoms with Crippen molar-refractivity contribution in [3.05, 3.63) is 35.4 Å². The Morgan fingerprint density at radius 2 is 1.84 bits per heavy atom. The molecule has 1 saturated heterocycles. The van der Waals surface area contributed by atoms with Crippen molar-refractivity contribution in [1.82, 2.24) is 9.80 Å². The summed E-state index contributed by atoms with van der Waals surface area (Å²) in [5.74, 6) is -1.09. The van der Waals surface area contributed by atoms with Crippen molar-refractivity contribution in [1.29, 1.82) is 0 Å². The van der Waals surface area contributed by atoms with Gasteiger partial charge in [-0.05, 0) is 38.2 Å². The molecule has 0 radical (unpaired) electrons. The highest BCUT2D eigenvalue weighted by Gasteiger charge is 2.27. The third-order valence-electron chi connectivity index (χ3n) is 3.79. The standard InChI is InChI=1S/C14H21F2N3/c1-18-3-4-19(2)14(9-18)13(17)7-10-5-11(15)8-12(16)6-10/h5-6,8,13-14H,3-4,7,9,17H2,1-2H3. The first kappa shape index (κ1) is 14.4. The summed E-state index contributed by atoms with van der Waals surface area (Å²) in [4.78, 5) is 4.46. The van der Waals surface area contributed by atoms with Crippen LogP contribution in [0.5, 0.6) is 0 Å². The van der Waals surface area contributed by atoms with Gasteiger partial charge in [-0.2, -0.15) is 0 Å². The molecule has 5 heteroatoms. The Kier molecular flexibility index (Phi) is 4.50. The van der Waals surface area contributed by atoms with E-state index in [1.54, 1.807) is 0 Å². The Hall–Kier alpha value is -1.04. The molecule has 2 atom stereocenters. The van der Waals surface area contributed by atoms with Crippen LogP contribution in [0.25, 0.3) is 0 Å². The average Bonchev–Trinajstić information content (AvgIpc) is 2.30. The number of nitrogens with two attached hydrogens (primary N) is 1. The largest absolute Gasteiger partial charge is 0.326 e. The van der Waals surface area contributed by atoms with Crippen LogP contribution in [0, 0.1) is 11.6 Å². The van der Waals surface area contributed by atoms with Crippen molar-refractivity contribution in [2.75, 3.05) is 33.7 Å². The molecular formula is C14H21F2N3. The Labute approximate surface area is 113 Å². The number of hydrogen-bond donors (Lipinski definition) is 1. The molecule has 1 fully saturated rings.